The van der Waals surface area contributed by atoms with Gasteiger partial charge in [0, 0.05) is 17.6 Å². The van der Waals surface area contributed by atoms with E-state index >= 15 is 0 Å². The number of ether oxygens (including phenoxy) is 1. The van der Waals surface area contributed by atoms with E-state index in [-0.39, 0.29) is 5.41 Å². The molecule has 0 saturated carbocycles. The van der Waals surface area contributed by atoms with Crippen LogP contribution in [-0.2, 0) is 10.2 Å². The Morgan fingerprint density at radius 2 is 2.14 bits per heavy atom. The molecule has 2 aromatic rings. The van der Waals surface area contributed by atoms with E-state index in [2.05, 4.69) is 61.2 Å². The molecule has 2 unspecified atom stereocenters. The van der Waals surface area contributed by atoms with Crippen molar-refractivity contribution in [2.75, 3.05) is 11.9 Å². The minimum absolute atomic E-state index is 0.0421. The zero-order valence-corrected chi connectivity index (χ0v) is 13.4. The van der Waals surface area contributed by atoms with E-state index in [4.69, 9.17) is 4.74 Å². The first-order valence-corrected chi connectivity index (χ1v) is 7.81. The van der Waals surface area contributed by atoms with Gasteiger partial charge in [-0.05, 0) is 38.0 Å². The number of aromatic nitrogens is 2. The van der Waals surface area contributed by atoms with Crippen LogP contribution in [0.25, 0.3) is 11.0 Å². The average Bonchev–Trinajstić information content (AvgIpc) is 3.01. The number of nitrogens with zero attached hydrogens (tertiary/aromatic N) is 1. The normalized spacial score (nSPS) is 22.9. The van der Waals surface area contributed by atoms with Crippen LogP contribution in [0.1, 0.15) is 46.4 Å². The second-order valence-corrected chi connectivity index (χ2v) is 7.09. The van der Waals surface area contributed by atoms with Crippen LogP contribution in [0.4, 0.5) is 5.69 Å². The summed E-state index contributed by atoms with van der Waals surface area (Å²) in [4.78, 5) is 8.09. The minimum atomic E-state index is 0.0421. The molecular formula is C17H25N3O. The molecule has 1 aromatic heterocycles. The number of anilines is 1. The van der Waals surface area contributed by atoms with Gasteiger partial charge in [-0.2, -0.15) is 0 Å². The number of hydrogen-bond acceptors (Lipinski definition) is 3. The molecule has 0 amide bonds. The van der Waals surface area contributed by atoms with Crippen LogP contribution in [0, 0.1) is 0 Å². The molecule has 1 saturated heterocycles. The predicted molar refractivity (Wildman–Crippen MR) is 86.9 cm³/mol. The fourth-order valence-electron chi connectivity index (χ4n) is 2.74. The molecular weight excluding hydrogens is 262 g/mol. The summed E-state index contributed by atoms with van der Waals surface area (Å²) in [5.74, 6) is 1.03. The molecule has 3 rings (SSSR count). The van der Waals surface area contributed by atoms with Crippen LogP contribution < -0.4 is 5.32 Å². The van der Waals surface area contributed by atoms with Crippen molar-refractivity contribution in [3.05, 3.63) is 24.0 Å². The van der Waals surface area contributed by atoms with Crippen molar-refractivity contribution in [3.8, 4) is 0 Å². The second kappa shape index (κ2) is 5.34. The summed E-state index contributed by atoms with van der Waals surface area (Å²) in [6.07, 6.45) is 3.05. The molecule has 1 fully saturated rings. The summed E-state index contributed by atoms with van der Waals surface area (Å²) >= 11 is 0. The topological polar surface area (TPSA) is 49.9 Å². The number of hydrogen-bond donors (Lipinski definition) is 2. The smallest absolute Gasteiger partial charge is 0.112 e. The molecule has 4 heteroatoms. The lowest BCUT2D eigenvalue weighted by atomic mass is 9.96. The number of fused-ring (bicyclic) bond motifs is 1. The molecule has 0 radical (unpaired) electrons. The Hall–Kier alpha value is -1.55. The molecule has 2 atom stereocenters. The van der Waals surface area contributed by atoms with E-state index in [1.807, 2.05) is 0 Å². The standard InChI is InChI=1S/C17H25N3O/c1-11-5-7-13(21-11)10-18-12-6-8-14-15(9-12)20-16(19-14)17(2,3)4/h6,8-9,11,13,18H,5,7,10H2,1-4H3,(H,19,20). The minimum Gasteiger partial charge on any atom is -0.382 e. The van der Waals surface area contributed by atoms with E-state index in [0.29, 0.717) is 12.2 Å². The van der Waals surface area contributed by atoms with Crippen molar-refractivity contribution in [2.45, 2.75) is 58.2 Å². The Morgan fingerprint density at radius 1 is 1.33 bits per heavy atom. The van der Waals surface area contributed by atoms with E-state index in [1.54, 1.807) is 0 Å². The lowest BCUT2D eigenvalue weighted by Crippen LogP contribution is -2.19. The maximum atomic E-state index is 5.84. The van der Waals surface area contributed by atoms with Gasteiger partial charge in [0.05, 0.1) is 23.2 Å². The highest BCUT2D eigenvalue weighted by Crippen LogP contribution is 2.25. The maximum Gasteiger partial charge on any atom is 0.112 e. The Morgan fingerprint density at radius 3 is 2.81 bits per heavy atom. The van der Waals surface area contributed by atoms with Crippen molar-refractivity contribution >= 4 is 16.7 Å². The lowest BCUT2D eigenvalue weighted by Gasteiger charge is -2.13. The predicted octanol–water partition coefficient (Wildman–Crippen LogP) is 3.84. The lowest BCUT2D eigenvalue weighted by molar-refractivity contribution is 0.0637. The largest absolute Gasteiger partial charge is 0.382 e. The van der Waals surface area contributed by atoms with Crippen LogP contribution in [-0.4, -0.2) is 28.7 Å². The SMILES string of the molecule is CC1CCC(CNc2ccc3nc(C(C)(C)C)[nH]c3c2)O1. The number of nitrogens with one attached hydrogen (secondary N) is 2. The first-order valence-electron chi connectivity index (χ1n) is 7.81. The van der Waals surface area contributed by atoms with Gasteiger partial charge in [-0.25, -0.2) is 4.98 Å². The van der Waals surface area contributed by atoms with Gasteiger partial charge < -0.3 is 15.0 Å². The van der Waals surface area contributed by atoms with E-state index in [0.717, 1.165) is 35.5 Å². The van der Waals surface area contributed by atoms with Crippen LogP contribution in [0.2, 0.25) is 0 Å². The Balaban J connectivity index is 1.72. The van der Waals surface area contributed by atoms with Crippen molar-refractivity contribution < 1.29 is 4.74 Å². The van der Waals surface area contributed by atoms with Gasteiger partial charge in [-0.1, -0.05) is 20.8 Å². The van der Waals surface area contributed by atoms with Crippen molar-refractivity contribution in [1.82, 2.24) is 9.97 Å². The molecule has 0 bridgehead atoms. The molecule has 1 aliphatic heterocycles. The summed E-state index contributed by atoms with van der Waals surface area (Å²) < 4.78 is 5.84. The summed E-state index contributed by atoms with van der Waals surface area (Å²) in [7, 11) is 0. The Bertz CT molecular complexity index is 626. The molecule has 0 spiro atoms. The third kappa shape index (κ3) is 3.21. The Labute approximate surface area is 126 Å². The highest BCUT2D eigenvalue weighted by Gasteiger charge is 2.21. The van der Waals surface area contributed by atoms with Crippen molar-refractivity contribution in [2.24, 2.45) is 0 Å². The van der Waals surface area contributed by atoms with Crippen LogP contribution in [0.5, 0.6) is 0 Å². The third-order valence-electron chi connectivity index (χ3n) is 4.05. The number of imidazole rings is 1. The third-order valence-corrected chi connectivity index (χ3v) is 4.05. The maximum absolute atomic E-state index is 5.84. The quantitative estimate of drug-likeness (QED) is 0.901. The van der Waals surface area contributed by atoms with Crippen molar-refractivity contribution in [3.63, 3.8) is 0 Å². The molecule has 2 heterocycles. The van der Waals surface area contributed by atoms with Gasteiger partial charge >= 0.3 is 0 Å². The zero-order valence-electron chi connectivity index (χ0n) is 13.4. The van der Waals surface area contributed by atoms with Crippen LogP contribution >= 0.6 is 0 Å². The molecule has 114 valence electrons. The van der Waals surface area contributed by atoms with E-state index < -0.39 is 0 Å². The zero-order chi connectivity index (χ0) is 15.0. The van der Waals surface area contributed by atoms with Gasteiger partial charge in [0.25, 0.3) is 0 Å². The highest BCUT2D eigenvalue weighted by atomic mass is 16.5. The number of benzene rings is 1. The average molecular weight is 287 g/mol. The molecule has 4 nitrogen and oxygen atoms in total. The van der Waals surface area contributed by atoms with Crippen LogP contribution in [0.3, 0.4) is 0 Å². The number of aromatic amines is 1. The molecule has 21 heavy (non-hydrogen) atoms. The summed E-state index contributed by atoms with van der Waals surface area (Å²) in [5.41, 5.74) is 3.28. The van der Waals surface area contributed by atoms with Gasteiger partial charge in [-0.3, -0.25) is 0 Å². The summed E-state index contributed by atoms with van der Waals surface area (Å²) in [6.45, 7) is 9.52. The molecule has 1 aliphatic rings. The summed E-state index contributed by atoms with van der Waals surface area (Å²) in [6, 6.07) is 6.30. The van der Waals surface area contributed by atoms with Gasteiger partial charge in [0.2, 0.25) is 0 Å². The Kier molecular flexibility index (Phi) is 3.66. The fourth-order valence-corrected chi connectivity index (χ4v) is 2.74. The van der Waals surface area contributed by atoms with Gasteiger partial charge in [-0.15, -0.1) is 0 Å². The first-order chi connectivity index (χ1) is 9.91. The van der Waals surface area contributed by atoms with E-state index in [9.17, 15) is 0 Å². The van der Waals surface area contributed by atoms with Crippen LogP contribution in [0.15, 0.2) is 18.2 Å². The first kappa shape index (κ1) is 14.4. The fraction of sp³-hybridized carbons (Fsp3) is 0.588. The summed E-state index contributed by atoms with van der Waals surface area (Å²) in [5, 5.41) is 3.47. The van der Waals surface area contributed by atoms with E-state index in [1.165, 1.54) is 6.42 Å². The second-order valence-electron chi connectivity index (χ2n) is 7.09. The molecule has 1 aromatic carbocycles. The van der Waals surface area contributed by atoms with Gasteiger partial charge in [0.1, 0.15) is 5.82 Å². The molecule has 0 aliphatic carbocycles. The number of H-pyrrole nitrogens is 1. The van der Waals surface area contributed by atoms with Crippen molar-refractivity contribution in [1.29, 1.82) is 0 Å². The highest BCUT2D eigenvalue weighted by molar-refractivity contribution is 5.79. The molecule has 2 N–H and O–H groups in total. The van der Waals surface area contributed by atoms with Gasteiger partial charge in [0.15, 0.2) is 0 Å². The number of rotatable bonds is 3. The monoisotopic (exact) mass is 287 g/mol.